The van der Waals surface area contributed by atoms with E-state index in [0.29, 0.717) is 13.1 Å². The van der Waals surface area contributed by atoms with Gasteiger partial charge >= 0.3 is 6.09 Å². The smallest absolute Gasteiger partial charge is 0.410 e. The van der Waals surface area contributed by atoms with Gasteiger partial charge in [0.05, 0.1) is 0 Å². The first-order valence-electron chi connectivity index (χ1n) is 5.86. The van der Waals surface area contributed by atoms with Crippen molar-refractivity contribution in [1.82, 2.24) is 4.90 Å². The standard InChI is InChI=1S/C9H13F2NO2.C3H8/c1-7-2-4-12(5-3-7)9(13)14-6-8(10)11;1-3-2/h2,8H,3-6H2,1H3;3H2,1-2H3. The van der Waals surface area contributed by atoms with Crippen molar-refractivity contribution in [2.75, 3.05) is 19.7 Å². The average Bonchev–Trinajstić information content (AvgIpc) is 2.28. The summed E-state index contributed by atoms with van der Waals surface area (Å²) in [6.45, 7) is 6.40. The number of ether oxygens (including phenoxy) is 1. The highest BCUT2D eigenvalue weighted by Crippen LogP contribution is 2.10. The molecule has 1 rings (SSSR count). The topological polar surface area (TPSA) is 29.5 Å². The molecule has 0 bridgehead atoms. The number of amides is 1. The van der Waals surface area contributed by atoms with Gasteiger partial charge in [-0.2, -0.15) is 0 Å². The van der Waals surface area contributed by atoms with E-state index in [9.17, 15) is 13.6 Å². The third-order valence-electron chi connectivity index (χ3n) is 2.03. The van der Waals surface area contributed by atoms with Gasteiger partial charge in [0, 0.05) is 13.1 Å². The molecule has 5 heteroatoms. The molecular weight excluding hydrogens is 228 g/mol. The minimum Gasteiger partial charge on any atom is -0.443 e. The Labute approximate surface area is 101 Å². The van der Waals surface area contributed by atoms with E-state index in [1.807, 2.05) is 13.0 Å². The van der Waals surface area contributed by atoms with Gasteiger partial charge in [-0.05, 0) is 13.3 Å². The van der Waals surface area contributed by atoms with Crippen LogP contribution < -0.4 is 0 Å². The number of carbonyl (C=O) groups is 1. The first-order chi connectivity index (χ1) is 8.01. The molecule has 17 heavy (non-hydrogen) atoms. The maximum Gasteiger partial charge on any atom is 0.410 e. The van der Waals surface area contributed by atoms with Crippen molar-refractivity contribution in [2.45, 2.75) is 40.0 Å². The van der Waals surface area contributed by atoms with E-state index in [4.69, 9.17) is 0 Å². The van der Waals surface area contributed by atoms with Crippen LogP contribution in [0, 0.1) is 0 Å². The number of hydrogen-bond acceptors (Lipinski definition) is 2. The van der Waals surface area contributed by atoms with Crippen molar-refractivity contribution in [3.05, 3.63) is 11.6 Å². The predicted octanol–water partition coefficient (Wildman–Crippen LogP) is 3.46. The highest BCUT2D eigenvalue weighted by atomic mass is 19.3. The van der Waals surface area contributed by atoms with Crippen LogP contribution in [-0.2, 0) is 4.74 Å². The number of carbonyl (C=O) groups excluding carboxylic acids is 1. The molecule has 1 amide bonds. The summed E-state index contributed by atoms with van der Waals surface area (Å²) in [5, 5.41) is 0. The molecule has 1 heterocycles. The molecule has 1 aliphatic rings. The molecule has 0 radical (unpaired) electrons. The Morgan fingerprint density at radius 1 is 1.53 bits per heavy atom. The van der Waals surface area contributed by atoms with Crippen LogP contribution in [0.15, 0.2) is 11.6 Å². The fourth-order valence-electron chi connectivity index (χ4n) is 1.16. The van der Waals surface area contributed by atoms with Gasteiger partial charge in [-0.1, -0.05) is 31.9 Å². The van der Waals surface area contributed by atoms with Gasteiger partial charge in [-0.25, -0.2) is 13.6 Å². The van der Waals surface area contributed by atoms with Gasteiger partial charge in [0.25, 0.3) is 6.43 Å². The minimum absolute atomic E-state index is 0.452. The fourth-order valence-corrected chi connectivity index (χ4v) is 1.16. The summed E-state index contributed by atoms with van der Waals surface area (Å²) in [5.74, 6) is 0. The molecule has 100 valence electrons. The van der Waals surface area contributed by atoms with Crippen molar-refractivity contribution in [2.24, 2.45) is 0 Å². The zero-order valence-electron chi connectivity index (χ0n) is 10.7. The Hall–Kier alpha value is -1.13. The molecule has 0 aliphatic carbocycles. The van der Waals surface area contributed by atoms with Crippen LogP contribution in [0.4, 0.5) is 13.6 Å². The van der Waals surface area contributed by atoms with Crippen LogP contribution in [0.2, 0.25) is 0 Å². The first kappa shape index (κ1) is 15.9. The Bertz CT molecular complexity index is 255. The molecule has 0 saturated carbocycles. The lowest BCUT2D eigenvalue weighted by Crippen LogP contribution is -2.35. The molecule has 0 aromatic rings. The lowest BCUT2D eigenvalue weighted by atomic mass is 10.1. The van der Waals surface area contributed by atoms with E-state index in [-0.39, 0.29) is 0 Å². The lowest BCUT2D eigenvalue weighted by molar-refractivity contribution is 0.0329. The third kappa shape index (κ3) is 7.71. The second kappa shape index (κ2) is 8.96. The SMILES string of the molecule is CC1=CCN(C(=O)OCC(F)F)CC1.CCC. The quantitative estimate of drug-likeness (QED) is 0.701. The van der Waals surface area contributed by atoms with Crippen LogP contribution in [0.5, 0.6) is 0 Å². The Balaban J connectivity index is 0.000000770. The lowest BCUT2D eigenvalue weighted by Gasteiger charge is -2.24. The minimum atomic E-state index is -2.60. The van der Waals surface area contributed by atoms with Gasteiger partial charge in [0.15, 0.2) is 6.61 Å². The Morgan fingerprint density at radius 2 is 2.12 bits per heavy atom. The average molecular weight is 249 g/mol. The fraction of sp³-hybridized carbons (Fsp3) is 0.750. The summed E-state index contributed by atoms with van der Waals surface area (Å²) in [5.41, 5.74) is 1.21. The monoisotopic (exact) mass is 249 g/mol. The number of nitrogens with zero attached hydrogens (tertiary/aromatic N) is 1. The molecular formula is C12H21F2NO2. The molecule has 0 spiro atoms. The second-order valence-corrected chi connectivity index (χ2v) is 3.92. The molecule has 0 fully saturated rings. The van der Waals surface area contributed by atoms with E-state index in [1.165, 1.54) is 16.9 Å². The second-order valence-electron chi connectivity index (χ2n) is 3.92. The summed E-state index contributed by atoms with van der Waals surface area (Å²) >= 11 is 0. The van der Waals surface area contributed by atoms with Crippen molar-refractivity contribution in [1.29, 1.82) is 0 Å². The van der Waals surface area contributed by atoms with E-state index in [0.717, 1.165) is 6.42 Å². The zero-order valence-corrected chi connectivity index (χ0v) is 10.7. The number of rotatable bonds is 2. The molecule has 0 saturated heterocycles. The Morgan fingerprint density at radius 3 is 2.53 bits per heavy atom. The summed E-state index contributed by atoms with van der Waals surface area (Å²) in [6, 6.07) is 0. The predicted molar refractivity (Wildman–Crippen MR) is 63.3 cm³/mol. The van der Waals surface area contributed by atoms with E-state index in [1.54, 1.807) is 0 Å². The van der Waals surface area contributed by atoms with E-state index >= 15 is 0 Å². The summed E-state index contributed by atoms with van der Waals surface area (Å²) < 4.78 is 27.8. The largest absolute Gasteiger partial charge is 0.443 e. The number of hydrogen-bond donors (Lipinski definition) is 0. The van der Waals surface area contributed by atoms with E-state index < -0.39 is 19.1 Å². The molecule has 3 nitrogen and oxygen atoms in total. The van der Waals surface area contributed by atoms with Crippen molar-refractivity contribution in [3.8, 4) is 0 Å². The van der Waals surface area contributed by atoms with Crippen LogP contribution >= 0.6 is 0 Å². The highest BCUT2D eigenvalue weighted by molar-refractivity contribution is 5.68. The Kier molecular flexibility index (Phi) is 8.36. The molecule has 0 aromatic heterocycles. The van der Waals surface area contributed by atoms with Crippen molar-refractivity contribution >= 4 is 6.09 Å². The molecule has 1 aliphatic heterocycles. The van der Waals surface area contributed by atoms with Crippen molar-refractivity contribution in [3.63, 3.8) is 0 Å². The summed E-state index contributed by atoms with van der Waals surface area (Å²) in [4.78, 5) is 12.6. The van der Waals surface area contributed by atoms with Crippen LogP contribution in [-0.4, -0.2) is 37.1 Å². The van der Waals surface area contributed by atoms with Crippen LogP contribution in [0.1, 0.15) is 33.6 Å². The normalized spacial score (nSPS) is 14.9. The summed E-state index contributed by atoms with van der Waals surface area (Å²) in [7, 11) is 0. The molecule has 0 atom stereocenters. The van der Waals surface area contributed by atoms with Crippen molar-refractivity contribution < 1.29 is 18.3 Å². The van der Waals surface area contributed by atoms with Gasteiger partial charge < -0.3 is 9.64 Å². The maximum atomic E-state index is 11.7. The third-order valence-corrected chi connectivity index (χ3v) is 2.03. The number of halogens is 2. The van der Waals surface area contributed by atoms with E-state index in [2.05, 4.69) is 18.6 Å². The summed E-state index contributed by atoms with van der Waals surface area (Å²) in [6.07, 6.45) is 0.673. The van der Waals surface area contributed by atoms with Gasteiger partial charge in [0.2, 0.25) is 0 Å². The van der Waals surface area contributed by atoms with Crippen LogP contribution in [0.25, 0.3) is 0 Å². The zero-order chi connectivity index (χ0) is 13.3. The highest BCUT2D eigenvalue weighted by Gasteiger charge is 2.18. The van der Waals surface area contributed by atoms with Gasteiger partial charge in [-0.3, -0.25) is 0 Å². The first-order valence-corrected chi connectivity index (χ1v) is 5.86. The van der Waals surface area contributed by atoms with Crippen LogP contribution in [0.3, 0.4) is 0 Å². The number of alkyl halides is 2. The van der Waals surface area contributed by atoms with Gasteiger partial charge in [0.1, 0.15) is 0 Å². The molecule has 0 N–H and O–H groups in total. The maximum absolute atomic E-state index is 11.7. The molecule has 0 aromatic carbocycles. The van der Waals surface area contributed by atoms with Gasteiger partial charge in [-0.15, -0.1) is 0 Å². The molecule has 0 unspecified atom stereocenters.